The van der Waals surface area contributed by atoms with Gasteiger partial charge in [0.05, 0.1) is 32.0 Å². The van der Waals surface area contributed by atoms with Gasteiger partial charge in [-0.15, -0.1) is 0 Å². The fourth-order valence-electron chi connectivity index (χ4n) is 1.85. The standard InChI is InChI=1S/C15H24ClNO4/c1-11(17)8-12-9-13(16)15(14(10-12)19-3)21-7-6-20-5-4-18-2/h9-11H,4-8,17H2,1-3H3. The Morgan fingerprint density at radius 2 is 1.86 bits per heavy atom. The van der Waals surface area contributed by atoms with E-state index >= 15 is 0 Å². The lowest BCUT2D eigenvalue weighted by Crippen LogP contribution is -2.17. The number of hydrogen-bond donors (Lipinski definition) is 1. The monoisotopic (exact) mass is 317 g/mol. The van der Waals surface area contributed by atoms with Crippen molar-refractivity contribution in [3.63, 3.8) is 0 Å². The van der Waals surface area contributed by atoms with Crippen molar-refractivity contribution in [1.82, 2.24) is 0 Å². The van der Waals surface area contributed by atoms with Crippen LogP contribution < -0.4 is 15.2 Å². The van der Waals surface area contributed by atoms with Crippen molar-refractivity contribution in [1.29, 1.82) is 0 Å². The van der Waals surface area contributed by atoms with Gasteiger partial charge in [-0.1, -0.05) is 11.6 Å². The Balaban J connectivity index is 2.60. The van der Waals surface area contributed by atoms with Gasteiger partial charge in [-0.05, 0) is 31.0 Å². The molecule has 0 fully saturated rings. The molecule has 0 saturated carbocycles. The largest absolute Gasteiger partial charge is 0.493 e. The molecule has 0 bridgehead atoms. The van der Waals surface area contributed by atoms with Gasteiger partial charge >= 0.3 is 0 Å². The zero-order chi connectivity index (χ0) is 15.7. The molecule has 1 aromatic carbocycles. The van der Waals surface area contributed by atoms with E-state index in [-0.39, 0.29) is 6.04 Å². The molecule has 0 spiro atoms. The van der Waals surface area contributed by atoms with E-state index in [4.69, 9.17) is 36.3 Å². The van der Waals surface area contributed by atoms with Gasteiger partial charge in [0.1, 0.15) is 6.61 Å². The molecule has 1 atom stereocenters. The van der Waals surface area contributed by atoms with Crippen molar-refractivity contribution in [3.8, 4) is 11.5 Å². The average molecular weight is 318 g/mol. The molecule has 0 saturated heterocycles. The zero-order valence-electron chi connectivity index (χ0n) is 12.9. The molecule has 5 nitrogen and oxygen atoms in total. The second-order valence-electron chi connectivity index (χ2n) is 4.74. The summed E-state index contributed by atoms with van der Waals surface area (Å²) < 4.78 is 21.2. The third-order valence-corrected chi connectivity index (χ3v) is 3.03. The first-order valence-electron chi connectivity index (χ1n) is 6.90. The number of methoxy groups -OCH3 is 2. The Labute approximate surface area is 131 Å². The lowest BCUT2D eigenvalue weighted by molar-refractivity contribution is 0.0540. The van der Waals surface area contributed by atoms with Crippen LogP contribution in [0.1, 0.15) is 12.5 Å². The van der Waals surface area contributed by atoms with E-state index in [9.17, 15) is 0 Å². The lowest BCUT2D eigenvalue weighted by atomic mass is 10.1. The van der Waals surface area contributed by atoms with E-state index in [0.29, 0.717) is 42.9 Å². The third kappa shape index (κ3) is 6.52. The Kier molecular flexibility index (Phi) is 8.45. The van der Waals surface area contributed by atoms with Crippen LogP contribution in [0.2, 0.25) is 5.02 Å². The summed E-state index contributed by atoms with van der Waals surface area (Å²) in [5, 5.41) is 0.516. The second kappa shape index (κ2) is 9.84. The van der Waals surface area contributed by atoms with Crippen molar-refractivity contribution in [3.05, 3.63) is 22.7 Å². The first-order valence-corrected chi connectivity index (χ1v) is 7.27. The Bertz CT molecular complexity index is 426. The van der Waals surface area contributed by atoms with Gasteiger partial charge in [-0.25, -0.2) is 0 Å². The van der Waals surface area contributed by atoms with Crippen LogP contribution in [-0.4, -0.2) is 46.7 Å². The predicted octanol–water partition coefficient (Wildman–Crippen LogP) is 2.28. The summed E-state index contributed by atoms with van der Waals surface area (Å²) in [6.45, 7) is 3.91. The van der Waals surface area contributed by atoms with Crippen molar-refractivity contribution >= 4 is 11.6 Å². The number of ether oxygens (including phenoxy) is 4. The van der Waals surface area contributed by atoms with E-state index in [1.165, 1.54) is 0 Å². The van der Waals surface area contributed by atoms with Crippen LogP contribution >= 0.6 is 11.6 Å². The van der Waals surface area contributed by atoms with Gasteiger partial charge in [0.15, 0.2) is 11.5 Å². The number of hydrogen-bond acceptors (Lipinski definition) is 5. The van der Waals surface area contributed by atoms with E-state index in [1.807, 2.05) is 19.1 Å². The molecule has 1 rings (SSSR count). The molecule has 120 valence electrons. The van der Waals surface area contributed by atoms with Crippen LogP contribution in [0.3, 0.4) is 0 Å². The molecule has 0 heterocycles. The van der Waals surface area contributed by atoms with Crippen LogP contribution in [-0.2, 0) is 15.9 Å². The predicted molar refractivity (Wildman–Crippen MR) is 83.5 cm³/mol. The average Bonchev–Trinajstić information content (AvgIpc) is 2.43. The lowest BCUT2D eigenvalue weighted by Gasteiger charge is -2.15. The van der Waals surface area contributed by atoms with Gasteiger partial charge in [0.25, 0.3) is 0 Å². The van der Waals surface area contributed by atoms with Gasteiger partial charge in [0.2, 0.25) is 0 Å². The second-order valence-corrected chi connectivity index (χ2v) is 5.15. The van der Waals surface area contributed by atoms with Crippen molar-refractivity contribution in [2.24, 2.45) is 5.73 Å². The van der Waals surface area contributed by atoms with Gasteiger partial charge in [-0.2, -0.15) is 0 Å². The molecule has 0 aliphatic rings. The van der Waals surface area contributed by atoms with Crippen LogP contribution in [0, 0.1) is 0 Å². The molecule has 0 amide bonds. The van der Waals surface area contributed by atoms with Crippen molar-refractivity contribution < 1.29 is 18.9 Å². The van der Waals surface area contributed by atoms with Gasteiger partial charge in [0, 0.05) is 13.2 Å². The molecule has 0 radical (unpaired) electrons. The molecular weight excluding hydrogens is 294 g/mol. The normalized spacial score (nSPS) is 12.2. The minimum atomic E-state index is 0.0618. The third-order valence-electron chi connectivity index (χ3n) is 2.75. The quantitative estimate of drug-likeness (QED) is 0.671. The van der Waals surface area contributed by atoms with Crippen LogP contribution in [0.15, 0.2) is 12.1 Å². The summed E-state index contributed by atoms with van der Waals surface area (Å²) in [5.74, 6) is 1.14. The Morgan fingerprint density at radius 3 is 2.48 bits per heavy atom. The summed E-state index contributed by atoms with van der Waals surface area (Å²) in [5.41, 5.74) is 6.82. The summed E-state index contributed by atoms with van der Waals surface area (Å²) in [6, 6.07) is 3.82. The number of halogens is 1. The summed E-state index contributed by atoms with van der Waals surface area (Å²) in [4.78, 5) is 0. The highest BCUT2D eigenvalue weighted by atomic mass is 35.5. The minimum absolute atomic E-state index is 0.0618. The van der Waals surface area contributed by atoms with Crippen molar-refractivity contribution in [2.75, 3.05) is 40.6 Å². The molecule has 1 aromatic rings. The Morgan fingerprint density at radius 1 is 1.14 bits per heavy atom. The van der Waals surface area contributed by atoms with Crippen LogP contribution in [0.4, 0.5) is 0 Å². The van der Waals surface area contributed by atoms with E-state index in [2.05, 4.69) is 0 Å². The number of rotatable bonds is 10. The first kappa shape index (κ1) is 18.0. The van der Waals surface area contributed by atoms with Crippen molar-refractivity contribution in [2.45, 2.75) is 19.4 Å². The molecule has 0 aromatic heterocycles. The zero-order valence-corrected chi connectivity index (χ0v) is 13.6. The van der Waals surface area contributed by atoms with Crippen LogP contribution in [0.25, 0.3) is 0 Å². The topological polar surface area (TPSA) is 62.9 Å². The highest BCUT2D eigenvalue weighted by Gasteiger charge is 2.12. The molecule has 6 heteroatoms. The molecule has 1 unspecified atom stereocenters. The van der Waals surface area contributed by atoms with E-state index < -0.39 is 0 Å². The van der Waals surface area contributed by atoms with Crippen LogP contribution in [0.5, 0.6) is 11.5 Å². The minimum Gasteiger partial charge on any atom is -0.493 e. The molecular formula is C15H24ClNO4. The molecule has 21 heavy (non-hydrogen) atoms. The summed E-state index contributed by atoms with van der Waals surface area (Å²) in [7, 11) is 3.22. The summed E-state index contributed by atoms with van der Waals surface area (Å²) >= 11 is 6.25. The summed E-state index contributed by atoms with van der Waals surface area (Å²) in [6.07, 6.45) is 0.733. The van der Waals surface area contributed by atoms with Gasteiger partial charge < -0.3 is 24.7 Å². The molecule has 0 aliphatic carbocycles. The highest BCUT2D eigenvalue weighted by molar-refractivity contribution is 6.32. The first-order chi connectivity index (χ1) is 10.1. The highest BCUT2D eigenvalue weighted by Crippen LogP contribution is 2.36. The van der Waals surface area contributed by atoms with E-state index in [1.54, 1.807) is 14.2 Å². The fourth-order valence-corrected chi connectivity index (χ4v) is 2.14. The number of nitrogens with two attached hydrogens (primary N) is 1. The SMILES string of the molecule is COCCOCCOc1c(Cl)cc(CC(C)N)cc1OC. The fraction of sp³-hybridized carbons (Fsp3) is 0.600. The maximum Gasteiger partial charge on any atom is 0.179 e. The molecule has 2 N–H and O–H groups in total. The van der Waals surface area contributed by atoms with Gasteiger partial charge in [-0.3, -0.25) is 0 Å². The smallest absolute Gasteiger partial charge is 0.179 e. The maximum absolute atomic E-state index is 6.25. The Hall–Kier alpha value is -1.01. The molecule has 0 aliphatic heterocycles. The van der Waals surface area contributed by atoms with E-state index in [0.717, 1.165) is 12.0 Å². The maximum atomic E-state index is 6.25. The number of benzene rings is 1.